The summed E-state index contributed by atoms with van der Waals surface area (Å²) >= 11 is 0. The fraction of sp³-hybridized carbons (Fsp3) is 0.579. The van der Waals surface area contributed by atoms with Crippen molar-refractivity contribution in [1.82, 2.24) is 10.2 Å². The van der Waals surface area contributed by atoms with E-state index in [1.54, 1.807) is 4.90 Å². The smallest absolute Gasteiger partial charge is 0.247 e. The van der Waals surface area contributed by atoms with Crippen LogP contribution in [-0.4, -0.2) is 29.8 Å². The molecule has 0 bridgehead atoms. The summed E-state index contributed by atoms with van der Waals surface area (Å²) in [5.41, 5.74) is 2.16. The van der Waals surface area contributed by atoms with Crippen molar-refractivity contribution >= 4 is 11.8 Å². The Morgan fingerprint density at radius 1 is 1.17 bits per heavy atom. The molecule has 2 aliphatic rings. The molecular weight excluding hydrogens is 288 g/mol. The number of nitrogens with one attached hydrogen (secondary N) is 1. The number of carbonyl (C=O) groups excluding carboxylic acids is 2. The van der Waals surface area contributed by atoms with Gasteiger partial charge in [-0.1, -0.05) is 51.0 Å². The van der Waals surface area contributed by atoms with Crippen LogP contribution in [0, 0.1) is 5.92 Å². The molecule has 1 N–H and O–H groups in total. The van der Waals surface area contributed by atoms with Crippen LogP contribution in [0.15, 0.2) is 24.3 Å². The van der Waals surface area contributed by atoms with Crippen LogP contribution in [0.2, 0.25) is 0 Å². The minimum Gasteiger partial charge on any atom is -0.352 e. The van der Waals surface area contributed by atoms with Gasteiger partial charge in [0.2, 0.25) is 11.8 Å². The van der Waals surface area contributed by atoms with E-state index in [0.29, 0.717) is 19.0 Å². The lowest BCUT2D eigenvalue weighted by Crippen LogP contribution is -2.53. The monoisotopic (exact) mass is 314 g/mol. The zero-order valence-electron chi connectivity index (χ0n) is 14.0. The maximum Gasteiger partial charge on any atom is 0.247 e. The molecule has 1 aromatic carbocycles. The number of amides is 2. The van der Waals surface area contributed by atoms with E-state index in [1.807, 2.05) is 12.1 Å². The fourth-order valence-corrected chi connectivity index (χ4v) is 3.71. The first kappa shape index (κ1) is 16.0. The van der Waals surface area contributed by atoms with Crippen molar-refractivity contribution in [1.29, 1.82) is 0 Å². The molecule has 4 heteroatoms. The van der Waals surface area contributed by atoms with Gasteiger partial charge in [0.05, 0.1) is 0 Å². The van der Waals surface area contributed by atoms with E-state index in [4.69, 9.17) is 0 Å². The summed E-state index contributed by atoms with van der Waals surface area (Å²) in [7, 11) is 0. The van der Waals surface area contributed by atoms with Gasteiger partial charge in [0, 0.05) is 19.0 Å². The number of piperazine rings is 1. The second-order valence-electron chi connectivity index (χ2n) is 7.03. The first-order chi connectivity index (χ1) is 11.1. The standard InChI is InChI=1S/C19H26N2O2/c1-13(2)14-7-9-15(10-8-14)17-18(22)20-11-12-21(17)19(23)16-5-3-4-6-16/h7-10,13,16-17H,3-6,11-12H2,1-2H3,(H,20,22). The molecule has 1 unspecified atom stereocenters. The summed E-state index contributed by atoms with van der Waals surface area (Å²) in [5, 5.41) is 2.91. The van der Waals surface area contributed by atoms with Gasteiger partial charge < -0.3 is 10.2 Å². The van der Waals surface area contributed by atoms with Crippen LogP contribution in [0.5, 0.6) is 0 Å². The van der Waals surface area contributed by atoms with E-state index in [0.717, 1.165) is 31.2 Å². The predicted molar refractivity (Wildman–Crippen MR) is 90.0 cm³/mol. The van der Waals surface area contributed by atoms with E-state index in [9.17, 15) is 9.59 Å². The van der Waals surface area contributed by atoms with Crippen molar-refractivity contribution in [3.63, 3.8) is 0 Å². The second-order valence-corrected chi connectivity index (χ2v) is 7.03. The third kappa shape index (κ3) is 3.26. The normalized spacial score (nSPS) is 22.5. The van der Waals surface area contributed by atoms with Crippen LogP contribution in [0.1, 0.15) is 62.6 Å². The van der Waals surface area contributed by atoms with Crippen molar-refractivity contribution < 1.29 is 9.59 Å². The van der Waals surface area contributed by atoms with Crippen molar-refractivity contribution in [2.75, 3.05) is 13.1 Å². The highest BCUT2D eigenvalue weighted by atomic mass is 16.2. The van der Waals surface area contributed by atoms with Gasteiger partial charge in [-0.15, -0.1) is 0 Å². The lowest BCUT2D eigenvalue weighted by Gasteiger charge is -2.37. The van der Waals surface area contributed by atoms with Gasteiger partial charge in [0.1, 0.15) is 6.04 Å². The van der Waals surface area contributed by atoms with Crippen molar-refractivity contribution in [3.05, 3.63) is 35.4 Å². The Bertz CT molecular complexity index is 574. The fourth-order valence-electron chi connectivity index (χ4n) is 3.71. The second kappa shape index (κ2) is 6.73. The van der Waals surface area contributed by atoms with Crippen molar-refractivity contribution in [2.45, 2.75) is 51.5 Å². The molecule has 1 aliphatic carbocycles. The topological polar surface area (TPSA) is 49.4 Å². The zero-order valence-corrected chi connectivity index (χ0v) is 14.0. The molecule has 3 rings (SSSR count). The van der Waals surface area contributed by atoms with Gasteiger partial charge in [0.25, 0.3) is 0 Å². The minimum absolute atomic E-state index is 0.0557. The lowest BCUT2D eigenvalue weighted by molar-refractivity contribution is -0.146. The molecule has 0 spiro atoms. The molecule has 4 nitrogen and oxygen atoms in total. The highest BCUT2D eigenvalue weighted by molar-refractivity contribution is 5.90. The predicted octanol–water partition coefficient (Wildman–Crippen LogP) is 3.00. The number of carbonyl (C=O) groups is 2. The SMILES string of the molecule is CC(C)c1ccc(C2C(=O)NCCN2C(=O)C2CCCC2)cc1. The van der Waals surface area contributed by atoms with Gasteiger partial charge in [-0.3, -0.25) is 9.59 Å². The van der Waals surface area contributed by atoms with E-state index in [-0.39, 0.29) is 17.7 Å². The quantitative estimate of drug-likeness (QED) is 0.932. The van der Waals surface area contributed by atoms with E-state index in [1.165, 1.54) is 5.56 Å². The summed E-state index contributed by atoms with van der Waals surface area (Å²) in [6.07, 6.45) is 4.19. The Labute approximate surface area is 138 Å². The Hall–Kier alpha value is -1.84. The summed E-state index contributed by atoms with van der Waals surface area (Å²) < 4.78 is 0. The average molecular weight is 314 g/mol. The summed E-state index contributed by atoms with van der Waals surface area (Å²) in [6, 6.07) is 7.66. The zero-order chi connectivity index (χ0) is 16.4. The summed E-state index contributed by atoms with van der Waals surface area (Å²) in [5.74, 6) is 0.675. The van der Waals surface area contributed by atoms with E-state index >= 15 is 0 Å². The van der Waals surface area contributed by atoms with Gasteiger partial charge in [-0.25, -0.2) is 0 Å². The molecule has 0 radical (unpaired) electrons. The minimum atomic E-state index is -0.474. The molecule has 124 valence electrons. The molecule has 2 amide bonds. The molecule has 23 heavy (non-hydrogen) atoms. The van der Waals surface area contributed by atoms with Crippen molar-refractivity contribution in [2.24, 2.45) is 5.92 Å². The van der Waals surface area contributed by atoms with Gasteiger partial charge in [-0.2, -0.15) is 0 Å². The molecule has 1 heterocycles. The Morgan fingerprint density at radius 2 is 1.83 bits per heavy atom. The van der Waals surface area contributed by atoms with Crippen LogP contribution in [0.3, 0.4) is 0 Å². The maximum absolute atomic E-state index is 12.9. The Kier molecular flexibility index (Phi) is 4.69. The van der Waals surface area contributed by atoms with Crippen LogP contribution >= 0.6 is 0 Å². The van der Waals surface area contributed by atoms with Crippen LogP contribution < -0.4 is 5.32 Å². The lowest BCUT2D eigenvalue weighted by atomic mass is 9.95. The first-order valence-corrected chi connectivity index (χ1v) is 8.76. The van der Waals surface area contributed by atoms with E-state index < -0.39 is 6.04 Å². The van der Waals surface area contributed by atoms with Gasteiger partial charge in [0.15, 0.2) is 0 Å². The highest BCUT2D eigenvalue weighted by Gasteiger charge is 2.37. The maximum atomic E-state index is 12.9. The molecule has 1 saturated heterocycles. The number of nitrogens with zero attached hydrogens (tertiary/aromatic N) is 1. The molecule has 1 aromatic rings. The van der Waals surface area contributed by atoms with Gasteiger partial charge >= 0.3 is 0 Å². The van der Waals surface area contributed by atoms with E-state index in [2.05, 4.69) is 31.3 Å². The number of rotatable bonds is 3. The van der Waals surface area contributed by atoms with Gasteiger partial charge in [-0.05, 0) is 29.9 Å². The molecule has 2 fully saturated rings. The molecular formula is C19H26N2O2. The first-order valence-electron chi connectivity index (χ1n) is 8.76. The largest absolute Gasteiger partial charge is 0.352 e. The van der Waals surface area contributed by atoms with Crippen LogP contribution in [0.25, 0.3) is 0 Å². The number of hydrogen-bond donors (Lipinski definition) is 1. The summed E-state index contributed by atoms with van der Waals surface area (Å²) in [6.45, 7) is 5.46. The number of hydrogen-bond acceptors (Lipinski definition) is 2. The van der Waals surface area contributed by atoms with Crippen LogP contribution in [0.4, 0.5) is 0 Å². The molecule has 1 atom stereocenters. The molecule has 0 aromatic heterocycles. The third-order valence-electron chi connectivity index (χ3n) is 5.12. The third-order valence-corrected chi connectivity index (χ3v) is 5.12. The number of benzene rings is 1. The molecule has 1 saturated carbocycles. The average Bonchev–Trinajstić information content (AvgIpc) is 3.08. The highest BCUT2D eigenvalue weighted by Crippen LogP contribution is 2.32. The Morgan fingerprint density at radius 3 is 2.43 bits per heavy atom. The molecule has 1 aliphatic heterocycles. The summed E-state index contributed by atoms with van der Waals surface area (Å²) in [4.78, 5) is 27.1. The Balaban J connectivity index is 1.85. The van der Waals surface area contributed by atoms with Crippen molar-refractivity contribution in [3.8, 4) is 0 Å². The van der Waals surface area contributed by atoms with Crippen LogP contribution in [-0.2, 0) is 9.59 Å².